The van der Waals surface area contributed by atoms with Gasteiger partial charge in [0, 0.05) is 31.4 Å². The summed E-state index contributed by atoms with van der Waals surface area (Å²) in [5.74, 6) is 1.22. The van der Waals surface area contributed by atoms with Gasteiger partial charge in [-0.15, -0.1) is 0 Å². The molecule has 1 aliphatic carbocycles. The number of hydrogen-bond donors (Lipinski definition) is 1. The Morgan fingerprint density at radius 2 is 2.12 bits per heavy atom. The predicted molar refractivity (Wildman–Crippen MR) is 71.1 cm³/mol. The molecular weight excluding hydrogens is 210 g/mol. The Morgan fingerprint density at radius 3 is 2.88 bits per heavy atom. The first-order chi connectivity index (χ1) is 8.40. The Kier molecular flexibility index (Phi) is 5.05. The Labute approximate surface area is 105 Å². The number of aryl methyl sites for hydroxylation is 2. The monoisotopic (exact) mass is 235 g/mol. The Bertz CT molecular complexity index is 315. The zero-order valence-electron chi connectivity index (χ0n) is 11.0. The van der Waals surface area contributed by atoms with Gasteiger partial charge in [-0.05, 0) is 32.2 Å². The van der Waals surface area contributed by atoms with Gasteiger partial charge in [0.1, 0.15) is 5.82 Å². The van der Waals surface area contributed by atoms with Gasteiger partial charge in [0.15, 0.2) is 0 Å². The molecule has 3 nitrogen and oxygen atoms in total. The summed E-state index contributed by atoms with van der Waals surface area (Å²) in [5, 5.41) is 3.56. The summed E-state index contributed by atoms with van der Waals surface area (Å²) < 4.78 is 2.29. The minimum Gasteiger partial charge on any atom is -0.335 e. The van der Waals surface area contributed by atoms with Gasteiger partial charge in [-0.25, -0.2) is 4.98 Å². The molecule has 1 N–H and O–H groups in total. The zero-order valence-corrected chi connectivity index (χ0v) is 11.0. The number of hydrogen-bond acceptors (Lipinski definition) is 2. The SMILES string of the molecule is CCc1nccn1CCCCCCNC1CC1. The van der Waals surface area contributed by atoms with Gasteiger partial charge < -0.3 is 9.88 Å². The largest absolute Gasteiger partial charge is 0.335 e. The number of nitrogens with zero attached hydrogens (tertiary/aromatic N) is 2. The number of aromatic nitrogens is 2. The van der Waals surface area contributed by atoms with Crippen LogP contribution in [0, 0.1) is 0 Å². The first-order valence-corrected chi connectivity index (χ1v) is 7.13. The van der Waals surface area contributed by atoms with Gasteiger partial charge in [-0.2, -0.15) is 0 Å². The van der Waals surface area contributed by atoms with E-state index in [0.29, 0.717) is 0 Å². The highest BCUT2D eigenvalue weighted by Gasteiger charge is 2.19. The van der Waals surface area contributed by atoms with Crippen LogP contribution in [0.5, 0.6) is 0 Å². The summed E-state index contributed by atoms with van der Waals surface area (Å²) in [6.07, 6.45) is 13.2. The van der Waals surface area contributed by atoms with Crippen LogP contribution in [0.15, 0.2) is 12.4 Å². The van der Waals surface area contributed by atoms with Gasteiger partial charge in [-0.1, -0.05) is 19.8 Å². The third-order valence-corrected chi connectivity index (χ3v) is 3.45. The molecule has 0 saturated heterocycles. The fraction of sp³-hybridized carbons (Fsp3) is 0.786. The van der Waals surface area contributed by atoms with Crippen molar-refractivity contribution in [3.8, 4) is 0 Å². The van der Waals surface area contributed by atoms with Gasteiger partial charge in [-0.3, -0.25) is 0 Å². The second-order valence-electron chi connectivity index (χ2n) is 5.03. The highest BCUT2D eigenvalue weighted by molar-refractivity contribution is 4.91. The lowest BCUT2D eigenvalue weighted by atomic mass is 10.2. The maximum Gasteiger partial charge on any atom is 0.108 e. The maximum absolute atomic E-state index is 4.34. The van der Waals surface area contributed by atoms with Crippen molar-refractivity contribution in [3.63, 3.8) is 0 Å². The second kappa shape index (κ2) is 6.80. The summed E-state index contributed by atoms with van der Waals surface area (Å²) in [5.41, 5.74) is 0. The van der Waals surface area contributed by atoms with E-state index in [1.165, 1.54) is 50.9 Å². The first kappa shape index (κ1) is 12.6. The highest BCUT2D eigenvalue weighted by atomic mass is 15.1. The number of rotatable bonds is 9. The molecule has 0 atom stereocenters. The molecule has 1 heterocycles. The van der Waals surface area contributed by atoms with Crippen LogP contribution in [0.3, 0.4) is 0 Å². The molecule has 1 fully saturated rings. The van der Waals surface area contributed by atoms with Crippen LogP contribution in [0.25, 0.3) is 0 Å². The fourth-order valence-corrected chi connectivity index (χ4v) is 2.21. The first-order valence-electron chi connectivity index (χ1n) is 7.13. The summed E-state index contributed by atoms with van der Waals surface area (Å²) in [6.45, 7) is 4.53. The number of nitrogens with one attached hydrogen (secondary N) is 1. The van der Waals surface area contributed by atoms with E-state index in [0.717, 1.165) is 19.0 Å². The van der Waals surface area contributed by atoms with E-state index in [1.807, 2.05) is 6.20 Å². The standard InChI is InChI=1S/C14H25N3/c1-2-14-16-10-12-17(14)11-6-4-3-5-9-15-13-7-8-13/h10,12-13,15H,2-9,11H2,1H3. The van der Waals surface area contributed by atoms with Gasteiger partial charge in [0.05, 0.1) is 0 Å². The predicted octanol–water partition coefficient (Wildman–Crippen LogP) is 2.76. The Balaban J connectivity index is 1.47. The zero-order chi connectivity index (χ0) is 11.9. The van der Waals surface area contributed by atoms with Crippen molar-refractivity contribution in [2.75, 3.05) is 6.54 Å². The molecule has 0 amide bonds. The van der Waals surface area contributed by atoms with Gasteiger partial charge >= 0.3 is 0 Å². The van der Waals surface area contributed by atoms with Crippen LogP contribution < -0.4 is 5.32 Å². The normalized spacial score (nSPS) is 15.4. The van der Waals surface area contributed by atoms with Crippen LogP contribution >= 0.6 is 0 Å². The number of imidazole rings is 1. The summed E-state index contributed by atoms with van der Waals surface area (Å²) in [7, 11) is 0. The van der Waals surface area contributed by atoms with Crippen molar-refractivity contribution in [1.29, 1.82) is 0 Å². The third kappa shape index (κ3) is 4.50. The van der Waals surface area contributed by atoms with Crippen LogP contribution in [0.4, 0.5) is 0 Å². The maximum atomic E-state index is 4.34. The molecule has 2 rings (SSSR count). The topological polar surface area (TPSA) is 29.9 Å². The van der Waals surface area contributed by atoms with E-state index in [9.17, 15) is 0 Å². The quantitative estimate of drug-likeness (QED) is 0.667. The van der Waals surface area contributed by atoms with Gasteiger partial charge in [0.25, 0.3) is 0 Å². The second-order valence-corrected chi connectivity index (χ2v) is 5.03. The summed E-state index contributed by atoms with van der Waals surface area (Å²) >= 11 is 0. The lowest BCUT2D eigenvalue weighted by Crippen LogP contribution is -2.17. The molecule has 0 unspecified atom stereocenters. The molecule has 0 aromatic carbocycles. The van der Waals surface area contributed by atoms with Crippen molar-refractivity contribution in [3.05, 3.63) is 18.2 Å². The van der Waals surface area contributed by atoms with Crippen molar-refractivity contribution in [2.45, 2.75) is 64.5 Å². The van der Waals surface area contributed by atoms with E-state index in [1.54, 1.807) is 0 Å². The Hall–Kier alpha value is -0.830. The van der Waals surface area contributed by atoms with E-state index in [-0.39, 0.29) is 0 Å². The van der Waals surface area contributed by atoms with E-state index in [4.69, 9.17) is 0 Å². The molecule has 1 aliphatic rings. The van der Waals surface area contributed by atoms with E-state index < -0.39 is 0 Å². The van der Waals surface area contributed by atoms with E-state index >= 15 is 0 Å². The lowest BCUT2D eigenvalue weighted by Gasteiger charge is -2.06. The van der Waals surface area contributed by atoms with Crippen LogP contribution in [0.2, 0.25) is 0 Å². The third-order valence-electron chi connectivity index (χ3n) is 3.45. The molecule has 17 heavy (non-hydrogen) atoms. The molecule has 0 bridgehead atoms. The van der Waals surface area contributed by atoms with Crippen LogP contribution in [-0.4, -0.2) is 22.1 Å². The van der Waals surface area contributed by atoms with Crippen molar-refractivity contribution in [1.82, 2.24) is 14.9 Å². The minimum absolute atomic E-state index is 0.869. The average Bonchev–Trinajstić information content (AvgIpc) is 3.05. The highest BCUT2D eigenvalue weighted by Crippen LogP contribution is 2.18. The summed E-state index contributed by atoms with van der Waals surface area (Å²) in [6, 6.07) is 0.869. The fourth-order valence-electron chi connectivity index (χ4n) is 2.21. The molecule has 96 valence electrons. The van der Waals surface area contributed by atoms with Crippen LogP contribution in [0.1, 0.15) is 51.3 Å². The molecule has 0 radical (unpaired) electrons. The number of unbranched alkanes of at least 4 members (excludes halogenated alkanes) is 3. The molecule has 1 aromatic heterocycles. The average molecular weight is 235 g/mol. The molecule has 0 spiro atoms. The van der Waals surface area contributed by atoms with E-state index in [2.05, 4.69) is 28.0 Å². The lowest BCUT2D eigenvalue weighted by molar-refractivity contribution is 0.541. The molecule has 1 aromatic rings. The molecule has 1 saturated carbocycles. The molecule has 0 aliphatic heterocycles. The molecular formula is C14H25N3. The summed E-state index contributed by atoms with van der Waals surface area (Å²) in [4.78, 5) is 4.34. The van der Waals surface area contributed by atoms with Crippen molar-refractivity contribution < 1.29 is 0 Å². The van der Waals surface area contributed by atoms with Crippen molar-refractivity contribution >= 4 is 0 Å². The molecule has 3 heteroatoms. The van der Waals surface area contributed by atoms with Crippen molar-refractivity contribution in [2.24, 2.45) is 0 Å². The smallest absolute Gasteiger partial charge is 0.108 e. The van der Waals surface area contributed by atoms with Crippen LogP contribution in [-0.2, 0) is 13.0 Å². The van der Waals surface area contributed by atoms with Gasteiger partial charge in [0.2, 0.25) is 0 Å². The Morgan fingerprint density at radius 1 is 1.29 bits per heavy atom. The minimum atomic E-state index is 0.869.